The Kier molecular flexibility index (Phi) is 5.39. The zero-order chi connectivity index (χ0) is 24.3. The Bertz CT molecular complexity index is 1410. The minimum absolute atomic E-state index is 0.00894. The number of benzene rings is 4. The number of urea groups is 1. The molecule has 35 heavy (non-hydrogen) atoms. The molecule has 174 valence electrons. The van der Waals surface area contributed by atoms with Crippen molar-refractivity contribution >= 4 is 49.3 Å². The van der Waals surface area contributed by atoms with Crippen molar-refractivity contribution in [3.05, 3.63) is 128 Å². The zero-order valence-electron chi connectivity index (χ0n) is 19.5. The summed E-state index contributed by atoms with van der Waals surface area (Å²) in [7, 11) is 1.86. The number of fused-ring (bicyclic) bond motifs is 5. The minimum atomic E-state index is -0.409. The highest BCUT2D eigenvalue weighted by Gasteiger charge is 2.51. The first-order valence-corrected chi connectivity index (χ1v) is 13.3. The van der Waals surface area contributed by atoms with Crippen LogP contribution in [0.3, 0.4) is 0 Å². The van der Waals surface area contributed by atoms with Gasteiger partial charge >= 0.3 is 6.03 Å². The molecule has 0 saturated heterocycles. The van der Waals surface area contributed by atoms with Crippen molar-refractivity contribution in [2.45, 2.75) is 24.8 Å². The molecule has 6 rings (SSSR count). The smallest absolute Gasteiger partial charge is 0.296 e. The Balaban J connectivity index is 1.73. The lowest BCUT2D eigenvalue weighted by atomic mass is 9.62. The maximum atomic E-state index is 13.9. The second-order valence-electron chi connectivity index (χ2n) is 9.41. The molecule has 1 unspecified atom stereocenters. The molecule has 0 bridgehead atoms. The number of hydrogen-bond acceptors (Lipinski definition) is 1. The normalized spacial score (nSPS) is 18.1. The van der Waals surface area contributed by atoms with E-state index in [0.29, 0.717) is 0 Å². The van der Waals surface area contributed by atoms with Gasteiger partial charge in [0.05, 0.1) is 17.4 Å². The van der Waals surface area contributed by atoms with Crippen LogP contribution in [0, 0.1) is 6.92 Å². The molecule has 3 nitrogen and oxygen atoms in total. The van der Waals surface area contributed by atoms with E-state index in [1.165, 1.54) is 22.3 Å². The van der Waals surface area contributed by atoms with E-state index in [-0.39, 0.29) is 12.1 Å². The number of amides is 2. The lowest BCUT2D eigenvalue weighted by Gasteiger charge is -2.52. The van der Waals surface area contributed by atoms with Gasteiger partial charge in [0.1, 0.15) is 0 Å². The van der Waals surface area contributed by atoms with E-state index < -0.39 is 5.41 Å². The fourth-order valence-corrected chi connectivity index (χ4v) is 7.48. The zero-order valence-corrected chi connectivity index (χ0v) is 22.7. The van der Waals surface area contributed by atoms with Gasteiger partial charge in [-0.1, -0.05) is 94.3 Å². The van der Waals surface area contributed by atoms with Crippen LogP contribution in [0.2, 0.25) is 0 Å². The van der Waals surface area contributed by atoms with E-state index >= 15 is 0 Å². The highest BCUT2D eigenvalue weighted by atomic mass is 79.9. The molecule has 4 aromatic carbocycles. The summed E-state index contributed by atoms with van der Waals surface area (Å²) in [6.45, 7) is 2.13. The quantitative estimate of drug-likeness (QED) is 0.231. The van der Waals surface area contributed by atoms with Crippen molar-refractivity contribution in [3.63, 3.8) is 0 Å². The highest BCUT2D eigenvalue weighted by molar-refractivity contribution is 9.11. The Morgan fingerprint density at radius 1 is 0.857 bits per heavy atom. The van der Waals surface area contributed by atoms with Crippen molar-refractivity contribution in [2.24, 2.45) is 0 Å². The van der Waals surface area contributed by atoms with Gasteiger partial charge in [0.15, 0.2) is 0 Å². The average molecular weight is 588 g/mol. The number of carbonyl (C=O) groups excluding carboxylic acids is 1. The van der Waals surface area contributed by atoms with Gasteiger partial charge in [-0.05, 0) is 64.2 Å². The first-order chi connectivity index (χ1) is 16.9. The summed E-state index contributed by atoms with van der Waals surface area (Å²) in [5.74, 6) is 0. The minimum Gasteiger partial charge on any atom is -0.296 e. The maximum Gasteiger partial charge on any atom is 0.329 e. The van der Waals surface area contributed by atoms with Crippen LogP contribution in [-0.2, 0) is 5.41 Å². The van der Waals surface area contributed by atoms with Gasteiger partial charge in [0.2, 0.25) is 0 Å². The Morgan fingerprint density at radius 2 is 1.49 bits per heavy atom. The van der Waals surface area contributed by atoms with Crippen molar-refractivity contribution in [1.29, 1.82) is 0 Å². The summed E-state index contributed by atoms with van der Waals surface area (Å²) >= 11 is 7.44. The van der Waals surface area contributed by atoms with Gasteiger partial charge in [-0.2, -0.15) is 0 Å². The summed E-state index contributed by atoms with van der Waals surface area (Å²) in [5, 5.41) is 0. The van der Waals surface area contributed by atoms with Gasteiger partial charge in [-0.3, -0.25) is 9.80 Å². The number of carbonyl (C=O) groups is 1. The molecule has 2 amide bonds. The topological polar surface area (TPSA) is 23.6 Å². The molecule has 0 spiro atoms. The first kappa shape index (κ1) is 22.6. The van der Waals surface area contributed by atoms with Crippen LogP contribution in [0.1, 0.15) is 40.3 Å². The van der Waals surface area contributed by atoms with Crippen LogP contribution < -0.4 is 9.80 Å². The predicted octanol–water partition coefficient (Wildman–Crippen LogP) is 8.38. The second kappa shape index (κ2) is 8.35. The number of anilines is 2. The number of aryl methyl sites for hydroxylation is 1. The number of nitrogens with zero attached hydrogens (tertiary/aromatic N) is 2. The van der Waals surface area contributed by atoms with Crippen molar-refractivity contribution in [1.82, 2.24) is 0 Å². The van der Waals surface area contributed by atoms with Gasteiger partial charge < -0.3 is 0 Å². The summed E-state index contributed by atoms with van der Waals surface area (Å²) in [6.07, 6.45) is 0.743. The molecule has 0 fully saturated rings. The largest absolute Gasteiger partial charge is 0.329 e. The van der Waals surface area contributed by atoms with Crippen LogP contribution in [0.4, 0.5) is 16.2 Å². The number of rotatable bonds is 2. The van der Waals surface area contributed by atoms with Crippen LogP contribution in [0.5, 0.6) is 0 Å². The Labute approximate surface area is 222 Å². The van der Waals surface area contributed by atoms with Crippen LogP contribution in [-0.4, -0.2) is 13.1 Å². The Hall–Kier alpha value is -2.89. The highest BCUT2D eigenvalue weighted by Crippen LogP contribution is 2.58. The predicted molar refractivity (Wildman–Crippen MR) is 149 cm³/mol. The molecule has 0 N–H and O–H groups in total. The van der Waals surface area contributed by atoms with E-state index in [1.807, 2.05) is 18.0 Å². The van der Waals surface area contributed by atoms with Gasteiger partial charge in [0, 0.05) is 27.0 Å². The van der Waals surface area contributed by atoms with E-state index in [4.69, 9.17) is 0 Å². The summed E-state index contributed by atoms with van der Waals surface area (Å²) in [5.41, 5.74) is 7.46. The fourth-order valence-electron chi connectivity index (χ4n) is 5.96. The van der Waals surface area contributed by atoms with Crippen LogP contribution in [0.25, 0.3) is 0 Å². The van der Waals surface area contributed by atoms with E-state index in [1.54, 1.807) is 4.90 Å². The third-order valence-corrected chi connectivity index (χ3v) is 8.52. The van der Waals surface area contributed by atoms with Crippen molar-refractivity contribution < 1.29 is 4.79 Å². The van der Waals surface area contributed by atoms with Gasteiger partial charge in [0.25, 0.3) is 0 Å². The molecule has 0 radical (unpaired) electrons. The molecule has 0 saturated carbocycles. The molecule has 2 aliphatic rings. The van der Waals surface area contributed by atoms with Crippen molar-refractivity contribution in [2.75, 3.05) is 16.8 Å². The molecule has 5 heteroatoms. The standard InChI is InChI=1S/C30H24Br2N2O/c1-19-13-14-26-24(15-19)30(20-9-5-3-6-10-20,21-11-7-4-8-12-21)18-27-23-16-22(31)17-25(32)28(23)33(2)29(35)34(26)27/h3-17,27H,18H2,1-2H3. The third kappa shape index (κ3) is 3.32. The molecule has 0 aromatic heterocycles. The van der Waals surface area contributed by atoms with Crippen LogP contribution >= 0.6 is 31.9 Å². The van der Waals surface area contributed by atoms with Crippen molar-refractivity contribution in [3.8, 4) is 0 Å². The van der Waals surface area contributed by atoms with E-state index in [9.17, 15) is 4.79 Å². The van der Waals surface area contributed by atoms with E-state index in [0.717, 1.165) is 32.3 Å². The van der Waals surface area contributed by atoms with Crippen LogP contribution in [0.15, 0.2) is 99.9 Å². The van der Waals surface area contributed by atoms with E-state index in [2.05, 4.69) is 124 Å². The molecule has 2 aliphatic heterocycles. The third-order valence-electron chi connectivity index (χ3n) is 7.46. The molecule has 4 aromatic rings. The SMILES string of the molecule is Cc1ccc2c(c1)C(c1ccccc1)(c1ccccc1)CC1c3cc(Br)cc(Br)c3N(C)C(=O)N21. The first-order valence-electron chi connectivity index (χ1n) is 11.7. The lowest BCUT2D eigenvalue weighted by Crippen LogP contribution is -2.53. The Morgan fingerprint density at radius 3 is 2.11 bits per heavy atom. The van der Waals surface area contributed by atoms with Gasteiger partial charge in [-0.25, -0.2) is 4.79 Å². The fraction of sp³-hybridized carbons (Fsp3) is 0.167. The summed E-state index contributed by atoms with van der Waals surface area (Å²) < 4.78 is 1.91. The molecular formula is C30H24Br2N2O. The second-order valence-corrected chi connectivity index (χ2v) is 11.2. The number of hydrogen-bond donors (Lipinski definition) is 0. The average Bonchev–Trinajstić information content (AvgIpc) is 2.87. The maximum absolute atomic E-state index is 13.9. The molecule has 0 aliphatic carbocycles. The summed E-state index contributed by atoms with van der Waals surface area (Å²) in [6, 6.07) is 32.0. The summed E-state index contributed by atoms with van der Waals surface area (Å²) in [4.78, 5) is 17.7. The van der Waals surface area contributed by atoms with Gasteiger partial charge in [-0.15, -0.1) is 0 Å². The lowest BCUT2D eigenvalue weighted by molar-refractivity contribution is 0.246. The molecule has 1 atom stereocenters. The monoisotopic (exact) mass is 586 g/mol. The molecule has 2 heterocycles. The number of halogens is 2. The molecular weight excluding hydrogens is 564 g/mol.